The quantitative estimate of drug-likeness (QED) is 0.530. The van der Waals surface area contributed by atoms with Crippen molar-refractivity contribution in [3.63, 3.8) is 0 Å². The van der Waals surface area contributed by atoms with E-state index in [0.717, 1.165) is 53.6 Å². The molecule has 1 saturated heterocycles. The number of carbonyl (C=O) groups is 2. The fraction of sp³-hybridized carbons (Fsp3) is 0.440. The molecule has 1 fully saturated rings. The number of benzene rings is 2. The Kier molecular flexibility index (Phi) is 10.6. The smallest absolute Gasteiger partial charge is 0.325 e. The standard InChI is InChI=1S/C24H32N2O5.CH2O2/c1-17-14-19(15-18(2)23(17)30-4)22(24(27)28)26-10-8-25(9-11-26)12-13-31-21-7-5-6-20(16-21)29-3;2-1-3/h5-7,14-16,22H,8-13H2,1-4H3,(H,27,28);1H,(H,2,3). The number of rotatable bonds is 9. The molecule has 0 bridgehead atoms. The number of carboxylic acid groups (broad SMARTS) is 2. The third kappa shape index (κ3) is 7.36. The first-order valence-corrected chi connectivity index (χ1v) is 11.0. The highest BCUT2D eigenvalue weighted by atomic mass is 16.5. The number of ether oxygens (including phenoxy) is 3. The van der Waals surface area contributed by atoms with Crippen molar-refractivity contribution in [1.82, 2.24) is 9.80 Å². The van der Waals surface area contributed by atoms with Gasteiger partial charge in [0.25, 0.3) is 6.47 Å². The summed E-state index contributed by atoms with van der Waals surface area (Å²) < 4.78 is 16.5. The molecule has 0 radical (unpaired) electrons. The van der Waals surface area contributed by atoms with E-state index in [1.807, 2.05) is 55.1 Å². The Bertz CT molecular complexity index is 920. The SMILES string of the molecule is COc1cccc(OCCN2CCN(C(C(=O)O)c3cc(C)c(OC)c(C)c3)CC2)c1.O=CO. The van der Waals surface area contributed by atoms with Gasteiger partial charge in [0.15, 0.2) is 0 Å². The molecule has 1 aliphatic rings. The second kappa shape index (κ2) is 13.4. The van der Waals surface area contributed by atoms with Gasteiger partial charge in [0.05, 0.1) is 14.2 Å². The van der Waals surface area contributed by atoms with E-state index in [1.54, 1.807) is 14.2 Å². The van der Waals surface area contributed by atoms with Crippen molar-refractivity contribution in [2.75, 3.05) is 53.6 Å². The molecule has 9 heteroatoms. The van der Waals surface area contributed by atoms with E-state index < -0.39 is 12.0 Å². The Hall–Kier alpha value is -3.30. The first-order valence-electron chi connectivity index (χ1n) is 11.0. The van der Waals surface area contributed by atoms with Crippen LogP contribution in [0.25, 0.3) is 0 Å². The van der Waals surface area contributed by atoms with Crippen LogP contribution in [0.2, 0.25) is 0 Å². The summed E-state index contributed by atoms with van der Waals surface area (Å²) in [5, 5.41) is 16.8. The van der Waals surface area contributed by atoms with Crippen LogP contribution in [0.1, 0.15) is 22.7 Å². The van der Waals surface area contributed by atoms with Gasteiger partial charge in [-0.05, 0) is 42.7 Å². The largest absolute Gasteiger partial charge is 0.497 e. The highest BCUT2D eigenvalue weighted by Crippen LogP contribution is 2.30. The Morgan fingerprint density at radius 1 is 1.03 bits per heavy atom. The molecular formula is C25H34N2O7. The summed E-state index contributed by atoms with van der Waals surface area (Å²) in [6.45, 7) is 8.03. The van der Waals surface area contributed by atoms with Crippen LogP contribution in [0.3, 0.4) is 0 Å². The van der Waals surface area contributed by atoms with E-state index in [-0.39, 0.29) is 6.47 Å². The maximum absolute atomic E-state index is 12.1. The topological polar surface area (TPSA) is 109 Å². The number of nitrogens with zero attached hydrogens (tertiary/aromatic N) is 2. The van der Waals surface area contributed by atoms with E-state index in [1.165, 1.54) is 0 Å². The highest BCUT2D eigenvalue weighted by molar-refractivity contribution is 5.76. The molecule has 1 aliphatic heterocycles. The van der Waals surface area contributed by atoms with Gasteiger partial charge in [-0.25, -0.2) is 0 Å². The molecule has 3 rings (SSSR count). The summed E-state index contributed by atoms with van der Waals surface area (Å²) in [5.74, 6) is 1.55. The number of aliphatic carboxylic acids is 1. The fourth-order valence-electron chi connectivity index (χ4n) is 4.20. The number of methoxy groups -OCH3 is 2. The van der Waals surface area contributed by atoms with Crippen LogP contribution in [-0.4, -0.2) is 86.0 Å². The minimum absolute atomic E-state index is 0.250. The number of piperazine rings is 1. The predicted octanol–water partition coefficient (Wildman–Crippen LogP) is 2.84. The lowest BCUT2D eigenvalue weighted by molar-refractivity contribution is -0.144. The molecule has 0 spiro atoms. The van der Waals surface area contributed by atoms with Crippen molar-refractivity contribution >= 4 is 12.4 Å². The average Bonchev–Trinajstić information content (AvgIpc) is 2.80. The van der Waals surface area contributed by atoms with Crippen LogP contribution in [0.15, 0.2) is 36.4 Å². The van der Waals surface area contributed by atoms with Gasteiger partial charge in [-0.1, -0.05) is 18.2 Å². The van der Waals surface area contributed by atoms with Gasteiger partial charge >= 0.3 is 5.97 Å². The monoisotopic (exact) mass is 474 g/mol. The number of aryl methyl sites for hydroxylation is 2. The summed E-state index contributed by atoms with van der Waals surface area (Å²) in [5.41, 5.74) is 2.72. The minimum Gasteiger partial charge on any atom is -0.497 e. The lowest BCUT2D eigenvalue weighted by Gasteiger charge is -2.38. The van der Waals surface area contributed by atoms with Crippen molar-refractivity contribution < 1.29 is 34.0 Å². The third-order valence-corrected chi connectivity index (χ3v) is 5.73. The summed E-state index contributed by atoms with van der Waals surface area (Å²) in [6, 6.07) is 10.8. The molecule has 2 aromatic carbocycles. The van der Waals surface area contributed by atoms with Crippen LogP contribution < -0.4 is 14.2 Å². The van der Waals surface area contributed by atoms with Crippen LogP contribution in [0.5, 0.6) is 17.2 Å². The molecule has 2 N–H and O–H groups in total. The van der Waals surface area contributed by atoms with E-state index in [0.29, 0.717) is 19.7 Å². The maximum Gasteiger partial charge on any atom is 0.325 e. The Balaban J connectivity index is 0.00000129. The van der Waals surface area contributed by atoms with E-state index in [4.69, 9.17) is 24.1 Å². The molecule has 0 saturated carbocycles. The van der Waals surface area contributed by atoms with Gasteiger partial charge in [0.1, 0.15) is 29.9 Å². The average molecular weight is 475 g/mol. The van der Waals surface area contributed by atoms with Gasteiger partial charge in [-0.2, -0.15) is 0 Å². The van der Waals surface area contributed by atoms with E-state index in [2.05, 4.69) is 4.90 Å². The van der Waals surface area contributed by atoms with Crippen LogP contribution >= 0.6 is 0 Å². The summed E-state index contributed by atoms with van der Waals surface area (Å²) >= 11 is 0. The number of hydrogen-bond donors (Lipinski definition) is 2. The van der Waals surface area contributed by atoms with Crippen molar-refractivity contribution in [2.45, 2.75) is 19.9 Å². The second-order valence-electron chi connectivity index (χ2n) is 7.94. The molecule has 0 aromatic heterocycles. The Morgan fingerprint density at radius 2 is 1.62 bits per heavy atom. The Labute approximate surface area is 200 Å². The summed E-state index contributed by atoms with van der Waals surface area (Å²) in [7, 11) is 3.28. The maximum atomic E-state index is 12.1. The third-order valence-electron chi connectivity index (χ3n) is 5.73. The van der Waals surface area contributed by atoms with Gasteiger partial charge in [-0.3, -0.25) is 19.4 Å². The van der Waals surface area contributed by atoms with Crippen molar-refractivity contribution in [3.05, 3.63) is 53.1 Å². The highest BCUT2D eigenvalue weighted by Gasteiger charge is 2.31. The van der Waals surface area contributed by atoms with Crippen molar-refractivity contribution in [3.8, 4) is 17.2 Å². The minimum atomic E-state index is -0.821. The molecule has 34 heavy (non-hydrogen) atoms. The zero-order valence-electron chi connectivity index (χ0n) is 20.2. The van der Waals surface area contributed by atoms with E-state index >= 15 is 0 Å². The first kappa shape index (κ1) is 26.9. The number of hydrogen-bond acceptors (Lipinski definition) is 7. The van der Waals surface area contributed by atoms with E-state index in [9.17, 15) is 9.90 Å². The molecule has 9 nitrogen and oxygen atoms in total. The van der Waals surface area contributed by atoms with Gasteiger partial charge in [-0.15, -0.1) is 0 Å². The van der Waals surface area contributed by atoms with Gasteiger partial charge < -0.3 is 24.4 Å². The normalized spacial score (nSPS) is 14.9. The fourth-order valence-corrected chi connectivity index (χ4v) is 4.20. The lowest BCUT2D eigenvalue weighted by Crippen LogP contribution is -2.50. The van der Waals surface area contributed by atoms with Crippen molar-refractivity contribution in [2.24, 2.45) is 0 Å². The molecule has 1 unspecified atom stereocenters. The summed E-state index contributed by atoms with van der Waals surface area (Å²) in [6.07, 6.45) is 0. The van der Waals surface area contributed by atoms with Crippen LogP contribution in [-0.2, 0) is 9.59 Å². The molecule has 1 atom stereocenters. The van der Waals surface area contributed by atoms with Crippen molar-refractivity contribution in [1.29, 1.82) is 0 Å². The predicted molar refractivity (Wildman–Crippen MR) is 128 cm³/mol. The van der Waals surface area contributed by atoms with Gasteiger partial charge in [0.2, 0.25) is 0 Å². The molecule has 186 valence electrons. The second-order valence-corrected chi connectivity index (χ2v) is 7.94. The summed E-state index contributed by atoms with van der Waals surface area (Å²) in [4.78, 5) is 24.8. The lowest BCUT2D eigenvalue weighted by atomic mass is 9.98. The van der Waals surface area contributed by atoms with Crippen LogP contribution in [0.4, 0.5) is 0 Å². The molecule has 0 amide bonds. The first-order chi connectivity index (χ1) is 16.3. The molecule has 2 aromatic rings. The molecule has 1 heterocycles. The zero-order valence-corrected chi connectivity index (χ0v) is 20.2. The van der Waals surface area contributed by atoms with Gasteiger partial charge in [0, 0.05) is 38.8 Å². The molecular weight excluding hydrogens is 440 g/mol. The zero-order chi connectivity index (χ0) is 25.1. The number of carboxylic acids is 1. The molecule has 0 aliphatic carbocycles. The Morgan fingerprint density at radius 3 is 2.15 bits per heavy atom. The van der Waals surface area contributed by atoms with Crippen LogP contribution in [0, 0.1) is 13.8 Å².